The zero-order valence-corrected chi connectivity index (χ0v) is 15.9. The summed E-state index contributed by atoms with van der Waals surface area (Å²) >= 11 is 0. The van der Waals surface area contributed by atoms with Crippen LogP contribution in [-0.4, -0.2) is 54.0 Å². The number of rotatable bonds is 5. The summed E-state index contributed by atoms with van der Waals surface area (Å²) in [7, 11) is 0. The molecule has 0 spiro atoms. The van der Waals surface area contributed by atoms with Crippen LogP contribution in [-0.2, 0) is 11.3 Å². The Labute approximate surface area is 147 Å². The minimum Gasteiger partial charge on any atom is -0.350 e. The third-order valence-electron chi connectivity index (χ3n) is 4.40. The average Bonchev–Trinajstić information content (AvgIpc) is 2.48. The van der Waals surface area contributed by atoms with Gasteiger partial charge in [0.2, 0.25) is 5.91 Å². The van der Waals surface area contributed by atoms with Crippen LogP contribution >= 0.6 is 0 Å². The van der Waals surface area contributed by atoms with Gasteiger partial charge in [-0.25, -0.2) is 0 Å². The van der Waals surface area contributed by atoms with E-state index < -0.39 is 0 Å². The average molecular weight is 332 g/mol. The fraction of sp³-hybridized carbons (Fsp3) is 0.650. The zero-order chi connectivity index (χ0) is 17.7. The Morgan fingerprint density at radius 3 is 2.08 bits per heavy atom. The van der Waals surface area contributed by atoms with E-state index in [0.29, 0.717) is 12.5 Å². The molecule has 1 aromatic rings. The first-order valence-electron chi connectivity index (χ1n) is 9.07. The Kier molecular flexibility index (Phi) is 6.41. The van der Waals surface area contributed by atoms with E-state index >= 15 is 0 Å². The third-order valence-corrected chi connectivity index (χ3v) is 4.40. The molecule has 4 heteroatoms. The van der Waals surface area contributed by atoms with Gasteiger partial charge in [0, 0.05) is 38.3 Å². The second-order valence-electron chi connectivity index (χ2n) is 8.25. The van der Waals surface area contributed by atoms with E-state index in [9.17, 15) is 4.79 Å². The molecule has 0 bridgehead atoms. The van der Waals surface area contributed by atoms with Crippen molar-refractivity contribution >= 4 is 5.91 Å². The van der Waals surface area contributed by atoms with Crippen molar-refractivity contribution < 1.29 is 4.79 Å². The van der Waals surface area contributed by atoms with E-state index in [4.69, 9.17) is 0 Å². The van der Waals surface area contributed by atoms with Crippen LogP contribution in [0.4, 0.5) is 0 Å². The van der Waals surface area contributed by atoms with Gasteiger partial charge in [-0.05, 0) is 37.8 Å². The number of hydrogen-bond acceptors (Lipinski definition) is 3. The summed E-state index contributed by atoms with van der Waals surface area (Å²) in [6.07, 6.45) is 0. The van der Waals surface area contributed by atoms with Gasteiger partial charge >= 0.3 is 0 Å². The predicted octanol–water partition coefficient (Wildman–Crippen LogP) is 2.84. The van der Waals surface area contributed by atoms with Gasteiger partial charge in [-0.1, -0.05) is 38.1 Å². The molecule has 0 radical (unpaired) electrons. The lowest BCUT2D eigenvalue weighted by Crippen LogP contribution is -2.51. The number of benzene rings is 1. The van der Waals surface area contributed by atoms with Crippen LogP contribution < -0.4 is 5.32 Å². The van der Waals surface area contributed by atoms with Gasteiger partial charge in [-0.3, -0.25) is 14.6 Å². The second kappa shape index (κ2) is 8.13. The number of carbonyl (C=O) groups excluding carboxylic acids is 1. The topological polar surface area (TPSA) is 35.6 Å². The first-order valence-corrected chi connectivity index (χ1v) is 9.07. The number of nitrogens with one attached hydrogen (secondary N) is 1. The van der Waals surface area contributed by atoms with Crippen molar-refractivity contribution in [3.63, 3.8) is 0 Å². The Balaban J connectivity index is 1.75. The smallest absolute Gasteiger partial charge is 0.234 e. The Hall–Kier alpha value is -1.39. The minimum absolute atomic E-state index is 0.125. The summed E-state index contributed by atoms with van der Waals surface area (Å²) in [5.41, 5.74) is 2.62. The number of hydrogen-bond donors (Lipinski definition) is 1. The minimum atomic E-state index is -0.152. The van der Waals surface area contributed by atoms with Crippen molar-refractivity contribution in [3.8, 4) is 0 Å². The number of piperazine rings is 1. The summed E-state index contributed by atoms with van der Waals surface area (Å²) in [6, 6.07) is 8.98. The first kappa shape index (κ1) is 18.9. The molecular formula is C20H33N3O. The first-order chi connectivity index (χ1) is 11.2. The van der Waals surface area contributed by atoms with Crippen molar-refractivity contribution in [2.24, 2.45) is 0 Å². The van der Waals surface area contributed by atoms with Gasteiger partial charge in [-0.2, -0.15) is 0 Å². The highest BCUT2D eigenvalue weighted by Crippen LogP contribution is 2.16. The summed E-state index contributed by atoms with van der Waals surface area (Å²) in [6.45, 7) is 16.0. The Bertz CT molecular complexity index is 523. The number of amides is 1. The second-order valence-corrected chi connectivity index (χ2v) is 8.25. The lowest BCUT2D eigenvalue weighted by atomic mass is 10.0. The van der Waals surface area contributed by atoms with Crippen LogP contribution in [0.25, 0.3) is 0 Å². The van der Waals surface area contributed by atoms with Gasteiger partial charge in [0.15, 0.2) is 0 Å². The van der Waals surface area contributed by atoms with Gasteiger partial charge in [0.25, 0.3) is 0 Å². The molecule has 1 aliphatic rings. The van der Waals surface area contributed by atoms with Crippen LogP contribution in [0, 0.1) is 0 Å². The third kappa shape index (κ3) is 6.25. The van der Waals surface area contributed by atoms with Crippen LogP contribution in [0.5, 0.6) is 0 Å². The van der Waals surface area contributed by atoms with Gasteiger partial charge in [0.05, 0.1) is 6.54 Å². The molecule has 0 atom stereocenters. The molecule has 1 aromatic carbocycles. The maximum absolute atomic E-state index is 12.0. The molecule has 1 N–H and O–H groups in total. The molecule has 1 aliphatic heterocycles. The SMILES string of the molecule is CC(C)c1ccc(CN2CCN(CC(=O)NC(C)(C)C)CC2)cc1. The lowest BCUT2D eigenvalue weighted by Gasteiger charge is -2.35. The molecular weight excluding hydrogens is 298 g/mol. The fourth-order valence-corrected chi connectivity index (χ4v) is 3.03. The van der Waals surface area contributed by atoms with E-state index in [1.807, 2.05) is 20.8 Å². The van der Waals surface area contributed by atoms with E-state index in [-0.39, 0.29) is 11.4 Å². The van der Waals surface area contributed by atoms with Gasteiger partial charge in [0.1, 0.15) is 0 Å². The van der Waals surface area contributed by atoms with Crippen LogP contribution in [0.15, 0.2) is 24.3 Å². The standard InChI is InChI=1S/C20H33N3O/c1-16(2)18-8-6-17(7-9-18)14-22-10-12-23(13-11-22)15-19(24)21-20(3,4)5/h6-9,16H,10-15H2,1-5H3,(H,21,24). The largest absolute Gasteiger partial charge is 0.350 e. The quantitative estimate of drug-likeness (QED) is 0.901. The summed E-state index contributed by atoms with van der Waals surface area (Å²) in [5, 5.41) is 3.04. The van der Waals surface area contributed by atoms with E-state index in [1.54, 1.807) is 0 Å². The fourth-order valence-electron chi connectivity index (χ4n) is 3.03. The highest BCUT2D eigenvalue weighted by atomic mass is 16.2. The number of carbonyl (C=O) groups is 1. The van der Waals surface area contributed by atoms with Crippen molar-refractivity contribution in [2.45, 2.75) is 52.6 Å². The summed E-state index contributed by atoms with van der Waals surface area (Å²) < 4.78 is 0. The molecule has 0 aliphatic carbocycles. The highest BCUT2D eigenvalue weighted by Gasteiger charge is 2.21. The monoisotopic (exact) mass is 331 g/mol. The molecule has 0 aromatic heterocycles. The number of nitrogens with zero attached hydrogens (tertiary/aromatic N) is 2. The molecule has 1 fully saturated rings. The Morgan fingerprint density at radius 2 is 1.58 bits per heavy atom. The normalized spacial score (nSPS) is 17.2. The van der Waals surface area contributed by atoms with Crippen LogP contribution in [0.2, 0.25) is 0 Å². The molecule has 1 amide bonds. The molecule has 134 valence electrons. The maximum Gasteiger partial charge on any atom is 0.234 e. The maximum atomic E-state index is 12.0. The van der Waals surface area contributed by atoms with Crippen molar-refractivity contribution in [3.05, 3.63) is 35.4 Å². The van der Waals surface area contributed by atoms with Crippen LogP contribution in [0.1, 0.15) is 51.7 Å². The summed E-state index contributed by atoms with van der Waals surface area (Å²) in [5.74, 6) is 0.710. The van der Waals surface area contributed by atoms with E-state index in [0.717, 1.165) is 32.7 Å². The van der Waals surface area contributed by atoms with Crippen molar-refractivity contribution in [1.82, 2.24) is 15.1 Å². The molecule has 0 saturated carbocycles. The van der Waals surface area contributed by atoms with Gasteiger partial charge < -0.3 is 5.32 Å². The molecule has 1 heterocycles. The predicted molar refractivity (Wildman–Crippen MR) is 100 cm³/mol. The zero-order valence-electron chi connectivity index (χ0n) is 15.9. The molecule has 0 unspecified atom stereocenters. The van der Waals surface area contributed by atoms with Crippen LogP contribution in [0.3, 0.4) is 0 Å². The Morgan fingerprint density at radius 1 is 1.04 bits per heavy atom. The molecule has 2 rings (SSSR count). The molecule has 1 saturated heterocycles. The van der Waals surface area contributed by atoms with Crippen molar-refractivity contribution in [1.29, 1.82) is 0 Å². The van der Waals surface area contributed by atoms with E-state index in [1.165, 1.54) is 11.1 Å². The molecule has 4 nitrogen and oxygen atoms in total. The van der Waals surface area contributed by atoms with E-state index in [2.05, 4.69) is 53.2 Å². The highest BCUT2D eigenvalue weighted by molar-refractivity contribution is 5.78. The molecule has 24 heavy (non-hydrogen) atoms. The van der Waals surface area contributed by atoms with Crippen molar-refractivity contribution in [2.75, 3.05) is 32.7 Å². The lowest BCUT2D eigenvalue weighted by molar-refractivity contribution is -0.124. The summed E-state index contributed by atoms with van der Waals surface area (Å²) in [4.78, 5) is 16.7. The van der Waals surface area contributed by atoms with Gasteiger partial charge in [-0.15, -0.1) is 0 Å².